The molecule has 1 fully saturated rings. The van der Waals surface area contributed by atoms with E-state index in [1.807, 2.05) is 6.92 Å². The number of nitro groups is 1. The van der Waals surface area contributed by atoms with Crippen molar-refractivity contribution < 1.29 is 9.72 Å². The number of rotatable bonds is 5. The van der Waals surface area contributed by atoms with Gasteiger partial charge >= 0.3 is 0 Å². The number of nitrogens with one attached hydrogen (secondary N) is 1. The monoisotopic (exact) mass is 328 g/mol. The molecule has 2 atom stereocenters. The van der Waals surface area contributed by atoms with Gasteiger partial charge in [0, 0.05) is 18.7 Å². The van der Waals surface area contributed by atoms with E-state index >= 15 is 0 Å². The predicted octanol–water partition coefficient (Wildman–Crippen LogP) is 1.62. The van der Waals surface area contributed by atoms with Crippen molar-refractivity contribution in [2.45, 2.75) is 19.4 Å². The van der Waals surface area contributed by atoms with Crippen LogP contribution in [0.25, 0.3) is 0 Å². The molecule has 1 aliphatic heterocycles. The molecule has 1 saturated heterocycles. The van der Waals surface area contributed by atoms with Crippen LogP contribution in [0, 0.1) is 16.0 Å². The molecule has 22 heavy (non-hydrogen) atoms. The SMILES string of the molecule is CC1CC(CN)CN1C(=O)CNc1ccccc1[N+](=O)[O-].Cl. The van der Waals surface area contributed by atoms with E-state index in [9.17, 15) is 14.9 Å². The molecule has 1 aromatic rings. The maximum Gasteiger partial charge on any atom is 0.292 e. The second kappa shape index (κ2) is 7.95. The zero-order valence-electron chi connectivity index (χ0n) is 12.4. The second-order valence-electron chi connectivity index (χ2n) is 5.36. The summed E-state index contributed by atoms with van der Waals surface area (Å²) in [5.74, 6) is 0.284. The van der Waals surface area contributed by atoms with E-state index in [2.05, 4.69) is 5.32 Å². The first kappa shape index (κ1) is 18.2. The van der Waals surface area contributed by atoms with Gasteiger partial charge in [-0.25, -0.2) is 0 Å². The predicted molar refractivity (Wildman–Crippen MR) is 87.2 cm³/mol. The van der Waals surface area contributed by atoms with E-state index < -0.39 is 4.92 Å². The van der Waals surface area contributed by atoms with Crippen molar-refractivity contribution in [3.05, 3.63) is 34.4 Å². The largest absolute Gasteiger partial charge is 0.371 e. The zero-order chi connectivity index (χ0) is 15.4. The molecule has 0 aliphatic carbocycles. The summed E-state index contributed by atoms with van der Waals surface area (Å²) in [5.41, 5.74) is 5.98. The lowest BCUT2D eigenvalue weighted by atomic mass is 10.1. The molecule has 8 heteroatoms. The highest BCUT2D eigenvalue weighted by Crippen LogP contribution is 2.24. The molecule has 0 bridgehead atoms. The first-order chi connectivity index (χ1) is 10.0. The van der Waals surface area contributed by atoms with Gasteiger partial charge in [0.2, 0.25) is 5.91 Å². The number of hydrogen-bond acceptors (Lipinski definition) is 5. The van der Waals surface area contributed by atoms with E-state index in [4.69, 9.17) is 5.73 Å². The van der Waals surface area contributed by atoms with Crippen molar-refractivity contribution in [3.63, 3.8) is 0 Å². The Kier molecular flexibility index (Phi) is 6.58. The molecule has 7 nitrogen and oxygen atoms in total. The van der Waals surface area contributed by atoms with Crippen molar-refractivity contribution in [1.29, 1.82) is 0 Å². The van der Waals surface area contributed by atoms with Crippen molar-refractivity contribution in [2.75, 3.05) is 25.0 Å². The van der Waals surface area contributed by atoms with E-state index in [1.165, 1.54) is 6.07 Å². The van der Waals surface area contributed by atoms with Gasteiger partial charge in [0.25, 0.3) is 5.69 Å². The summed E-state index contributed by atoms with van der Waals surface area (Å²) in [7, 11) is 0. The Labute approximate surface area is 135 Å². The fourth-order valence-electron chi connectivity index (χ4n) is 2.72. The number of amides is 1. The summed E-state index contributed by atoms with van der Waals surface area (Å²) in [4.78, 5) is 24.5. The standard InChI is InChI=1S/C14H20N4O3.ClH/c1-10-6-11(7-15)9-17(10)14(19)8-16-12-4-2-3-5-13(12)18(20)21;/h2-5,10-11,16H,6-9,15H2,1H3;1H. The Morgan fingerprint density at radius 2 is 2.18 bits per heavy atom. The molecule has 122 valence electrons. The third kappa shape index (κ3) is 4.08. The van der Waals surface area contributed by atoms with Crippen molar-refractivity contribution in [1.82, 2.24) is 4.90 Å². The zero-order valence-corrected chi connectivity index (χ0v) is 13.2. The van der Waals surface area contributed by atoms with Gasteiger partial charge in [-0.15, -0.1) is 12.4 Å². The van der Waals surface area contributed by atoms with Gasteiger partial charge in [-0.3, -0.25) is 14.9 Å². The van der Waals surface area contributed by atoms with Gasteiger partial charge < -0.3 is 16.0 Å². The van der Waals surface area contributed by atoms with Gasteiger partial charge in [-0.2, -0.15) is 0 Å². The van der Waals surface area contributed by atoms with E-state index in [-0.39, 0.29) is 36.6 Å². The van der Waals surface area contributed by atoms with Crippen molar-refractivity contribution in [3.8, 4) is 0 Å². The normalized spacial score (nSPS) is 20.4. The van der Waals surface area contributed by atoms with Gasteiger partial charge in [0.05, 0.1) is 11.5 Å². The van der Waals surface area contributed by atoms with Crippen LogP contribution in [0.3, 0.4) is 0 Å². The first-order valence-electron chi connectivity index (χ1n) is 6.99. The highest BCUT2D eigenvalue weighted by atomic mass is 35.5. The number of benzene rings is 1. The lowest BCUT2D eigenvalue weighted by Gasteiger charge is -2.22. The average molecular weight is 329 g/mol. The van der Waals surface area contributed by atoms with Gasteiger partial charge in [-0.05, 0) is 31.9 Å². The molecule has 3 N–H and O–H groups in total. The Morgan fingerprint density at radius 1 is 1.50 bits per heavy atom. The maximum absolute atomic E-state index is 12.2. The molecule has 1 heterocycles. The quantitative estimate of drug-likeness (QED) is 0.631. The number of para-hydroxylation sites is 2. The number of nitro benzene ring substituents is 1. The second-order valence-corrected chi connectivity index (χ2v) is 5.36. The number of carbonyl (C=O) groups is 1. The van der Waals surface area contributed by atoms with Crippen LogP contribution in [0.2, 0.25) is 0 Å². The molecule has 1 aliphatic rings. The van der Waals surface area contributed by atoms with Gasteiger partial charge in [-0.1, -0.05) is 12.1 Å². The molecule has 2 unspecified atom stereocenters. The first-order valence-corrected chi connectivity index (χ1v) is 6.99. The summed E-state index contributed by atoms with van der Waals surface area (Å²) in [6.45, 7) is 3.28. The lowest BCUT2D eigenvalue weighted by molar-refractivity contribution is -0.383. The van der Waals surface area contributed by atoms with Crippen LogP contribution in [-0.4, -0.2) is 41.4 Å². The average Bonchev–Trinajstić information content (AvgIpc) is 2.86. The smallest absolute Gasteiger partial charge is 0.292 e. The highest BCUT2D eigenvalue weighted by molar-refractivity contribution is 5.85. The van der Waals surface area contributed by atoms with Crippen LogP contribution >= 0.6 is 12.4 Å². The minimum Gasteiger partial charge on any atom is -0.371 e. The summed E-state index contributed by atoms with van der Waals surface area (Å²) in [6.07, 6.45) is 0.910. The number of likely N-dealkylation sites (tertiary alicyclic amines) is 1. The Hall–Kier alpha value is -1.86. The van der Waals surface area contributed by atoms with Crippen LogP contribution in [-0.2, 0) is 4.79 Å². The topological polar surface area (TPSA) is 102 Å². The lowest BCUT2D eigenvalue weighted by Crippen LogP contribution is -2.38. The molecular weight excluding hydrogens is 308 g/mol. The fraction of sp³-hybridized carbons (Fsp3) is 0.500. The van der Waals surface area contributed by atoms with Gasteiger partial charge in [0.15, 0.2) is 0 Å². The number of carbonyl (C=O) groups excluding carboxylic acids is 1. The van der Waals surface area contributed by atoms with Crippen LogP contribution in [0.1, 0.15) is 13.3 Å². The van der Waals surface area contributed by atoms with Crippen LogP contribution in [0.5, 0.6) is 0 Å². The number of nitrogens with zero attached hydrogens (tertiary/aromatic N) is 2. The molecule has 0 aromatic heterocycles. The van der Waals surface area contributed by atoms with Gasteiger partial charge in [0.1, 0.15) is 5.69 Å². The third-order valence-corrected chi connectivity index (χ3v) is 3.85. The van der Waals surface area contributed by atoms with Crippen LogP contribution < -0.4 is 11.1 Å². The minimum absolute atomic E-state index is 0. The number of halogens is 1. The van der Waals surface area contributed by atoms with Crippen molar-refractivity contribution >= 4 is 29.7 Å². The number of anilines is 1. The Morgan fingerprint density at radius 3 is 2.77 bits per heavy atom. The molecular formula is C14H21ClN4O3. The molecule has 0 spiro atoms. The Bertz CT molecular complexity index is 541. The molecule has 1 aromatic carbocycles. The fourth-order valence-corrected chi connectivity index (χ4v) is 2.72. The Balaban J connectivity index is 0.00000242. The minimum atomic E-state index is -0.463. The summed E-state index contributed by atoms with van der Waals surface area (Å²) in [6, 6.07) is 6.47. The van der Waals surface area contributed by atoms with Crippen LogP contribution in [0.15, 0.2) is 24.3 Å². The number of nitrogens with two attached hydrogens (primary N) is 1. The highest BCUT2D eigenvalue weighted by Gasteiger charge is 2.31. The molecule has 0 radical (unpaired) electrons. The van der Waals surface area contributed by atoms with E-state index in [1.54, 1.807) is 23.1 Å². The molecule has 0 saturated carbocycles. The molecule has 1 amide bonds. The summed E-state index contributed by atoms with van der Waals surface area (Å²) >= 11 is 0. The summed E-state index contributed by atoms with van der Waals surface area (Å²) in [5, 5.41) is 13.8. The van der Waals surface area contributed by atoms with E-state index in [0.29, 0.717) is 24.7 Å². The van der Waals surface area contributed by atoms with Crippen LogP contribution in [0.4, 0.5) is 11.4 Å². The third-order valence-electron chi connectivity index (χ3n) is 3.85. The summed E-state index contributed by atoms with van der Waals surface area (Å²) < 4.78 is 0. The number of hydrogen-bond donors (Lipinski definition) is 2. The van der Waals surface area contributed by atoms with E-state index in [0.717, 1.165) is 6.42 Å². The maximum atomic E-state index is 12.2. The molecule has 2 rings (SSSR count). The van der Waals surface area contributed by atoms with Crippen molar-refractivity contribution in [2.24, 2.45) is 11.7 Å².